The predicted octanol–water partition coefficient (Wildman–Crippen LogP) is 3.46. The van der Waals surface area contributed by atoms with Crippen LogP contribution in [0.25, 0.3) is 0 Å². The van der Waals surface area contributed by atoms with Crippen molar-refractivity contribution in [3.05, 3.63) is 28.8 Å². The summed E-state index contributed by atoms with van der Waals surface area (Å²) < 4.78 is 24.9. The average Bonchev–Trinajstić information content (AvgIpc) is 2.36. The number of aryl methyl sites for hydroxylation is 3. The number of nitrogens with zero attached hydrogens (tertiary/aromatic N) is 1. The van der Waals surface area contributed by atoms with Gasteiger partial charge in [-0.15, -0.1) is 0 Å². The Kier molecular flexibility index (Phi) is 4.71. The molecule has 0 amide bonds. The van der Waals surface area contributed by atoms with Crippen molar-refractivity contribution in [3.8, 4) is 0 Å². The van der Waals surface area contributed by atoms with Gasteiger partial charge in [-0.3, -0.25) is 0 Å². The molecule has 1 aliphatic rings. The fraction of sp³-hybridized carbons (Fsp3) is 0.562. The minimum atomic E-state index is -3.59. The van der Waals surface area contributed by atoms with E-state index in [1.165, 1.54) is 0 Å². The molecule has 0 heterocycles. The molecule has 0 aliphatic heterocycles. The van der Waals surface area contributed by atoms with Gasteiger partial charge in [-0.2, -0.15) is 13.5 Å². The van der Waals surface area contributed by atoms with Gasteiger partial charge in [0.2, 0.25) is 0 Å². The molecular weight excluding hydrogens is 284 g/mol. The van der Waals surface area contributed by atoms with E-state index in [0.29, 0.717) is 10.8 Å². The first-order valence-electron chi connectivity index (χ1n) is 7.44. The van der Waals surface area contributed by atoms with Crippen molar-refractivity contribution in [2.75, 3.05) is 0 Å². The van der Waals surface area contributed by atoms with Crippen molar-refractivity contribution in [2.45, 2.75) is 58.3 Å². The molecule has 1 aromatic rings. The van der Waals surface area contributed by atoms with Gasteiger partial charge in [0, 0.05) is 5.71 Å². The lowest BCUT2D eigenvalue weighted by atomic mass is 9.90. The van der Waals surface area contributed by atoms with Gasteiger partial charge in [0.1, 0.15) is 0 Å². The lowest BCUT2D eigenvalue weighted by molar-refractivity contribution is 0.482. The van der Waals surface area contributed by atoms with Gasteiger partial charge in [-0.1, -0.05) is 24.6 Å². The highest BCUT2D eigenvalue weighted by atomic mass is 32.2. The van der Waals surface area contributed by atoms with Crippen molar-refractivity contribution in [2.24, 2.45) is 11.0 Å². The summed E-state index contributed by atoms with van der Waals surface area (Å²) in [6.45, 7) is 7.83. The van der Waals surface area contributed by atoms with Crippen LogP contribution in [0, 0.1) is 26.7 Å². The largest absolute Gasteiger partial charge is 0.277 e. The number of benzene rings is 1. The van der Waals surface area contributed by atoms with Crippen molar-refractivity contribution < 1.29 is 8.42 Å². The predicted molar refractivity (Wildman–Crippen MR) is 86.0 cm³/mol. The third kappa shape index (κ3) is 3.84. The van der Waals surface area contributed by atoms with E-state index in [9.17, 15) is 8.42 Å². The van der Waals surface area contributed by atoms with Crippen LogP contribution in [0.1, 0.15) is 49.3 Å². The van der Waals surface area contributed by atoms with E-state index in [1.807, 2.05) is 32.9 Å². The molecule has 1 saturated carbocycles. The number of hydrogen-bond donors (Lipinski definition) is 1. The molecule has 1 aromatic carbocycles. The monoisotopic (exact) mass is 308 g/mol. The van der Waals surface area contributed by atoms with Gasteiger partial charge in [0.25, 0.3) is 10.0 Å². The molecule has 5 heteroatoms. The Labute approximate surface area is 127 Å². The van der Waals surface area contributed by atoms with Crippen molar-refractivity contribution in [1.29, 1.82) is 0 Å². The zero-order valence-corrected chi connectivity index (χ0v) is 14.0. The first kappa shape index (κ1) is 16.0. The Morgan fingerprint density at radius 3 is 2.14 bits per heavy atom. The number of rotatable bonds is 3. The Hall–Kier alpha value is -1.36. The summed E-state index contributed by atoms with van der Waals surface area (Å²) in [4.78, 5) is 2.77. The van der Waals surface area contributed by atoms with Crippen LogP contribution in [0.15, 0.2) is 22.1 Å². The number of hydrazone groups is 1. The van der Waals surface area contributed by atoms with E-state index in [4.69, 9.17) is 0 Å². The molecule has 0 aromatic heterocycles. The van der Waals surface area contributed by atoms with E-state index in [0.717, 1.165) is 48.1 Å². The number of nitrogens with one attached hydrogen (secondary N) is 1. The highest BCUT2D eigenvalue weighted by molar-refractivity contribution is 7.89. The van der Waals surface area contributed by atoms with Gasteiger partial charge in [-0.05, 0) is 63.5 Å². The van der Waals surface area contributed by atoms with Crippen LogP contribution in [-0.2, 0) is 10.0 Å². The second-order valence-electron chi connectivity index (χ2n) is 6.18. The molecule has 0 atom stereocenters. The summed E-state index contributed by atoms with van der Waals surface area (Å²) in [6.07, 6.45) is 3.94. The zero-order chi connectivity index (χ0) is 15.6. The minimum absolute atomic E-state index is 0.349. The summed E-state index contributed by atoms with van der Waals surface area (Å²) >= 11 is 0. The zero-order valence-electron chi connectivity index (χ0n) is 13.2. The van der Waals surface area contributed by atoms with E-state index in [1.54, 1.807) is 0 Å². The molecule has 116 valence electrons. The SMILES string of the molecule is Cc1cc(C)c(S(=O)(=O)NN=C2CCC(C)CC2)c(C)c1. The Morgan fingerprint density at radius 1 is 1.10 bits per heavy atom. The first-order chi connectivity index (χ1) is 9.79. The highest BCUT2D eigenvalue weighted by Gasteiger charge is 2.20. The van der Waals surface area contributed by atoms with Gasteiger partial charge in [0.15, 0.2) is 0 Å². The van der Waals surface area contributed by atoms with Crippen LogP contribution >= 0.6 is 0 Å². The van der Waals surface area contributed by atoms with Crippen molar-refractivity contribution in [3.63, 3.8) is 0 Å². The topological polar surface area (TPSA) is 58.5 Å². The van der Waals surface area contributed by atoms with Gasteiger partial charge in [-0.25, -0.2) is 4.83 Å². The molecule has 0 spiro atoms. The van der Waals surface area contributed by atoms with Crippen LogP contribution in [0.3, 0.4) is 0 Å². The maximum absolute atomic E-state index is 12.5. The molecule has 1 N–H and O–H groups in total. The summed E-state index contributed by atoms with van der Waals surface area (Å²) in [5.41, 5.74) is 3.55. The summed E-state index contributed by atoms with van der Waals surface area (Å²) in [7, 11) is -3.59. The molecular formula is C16H24N2O2S. The molecule has 1 aliphatic carbocycles. The van der Waals surface area contributed by atoms with E-state index in [-0.39, 0.29) is 0 Å². The van der Waals surface area contributed by atoms with E-state index >= 15 is 0 Å². The van der Waals surface area contributed by atoms with Gasteiger partial charge in [0.05, 0.1) is 4.90 Å². The van der Waals surface area contributed by atoms with E-state index in [2.05, 4.69) is 16.9 Å². The Balaban J connectivity index is 2.22. The second kappa shape index (κ2) is 6.18. The molecule has 0 unspecified atom stereocenters. The number of sulfonamides is 1. The molecule has 0 radical (unpaired) electrons. The smallest absolute Gasteiger partial charge is 0.200 e. The molecule has 1 fully saturated rings. The number of hydrogen-bond acceptors (Lipinski definition) is 3. The average molecular weight is 308 g/mol. The first-order valence-corrected chi connectivity index (χ1v) is 8.93. The normalized spacial score (nSPS) is 19.4. The Morgan fingerprint density at radius 2 is 1.62 bits per heavy atom. The molecule has 21 heavy (non-hydrogen) atoms. The summed E-state index contributed by atoms with van der Waals surface area (Å²) in [5.74, 6) is 0.710. The summed E-state index contributed by atoms with van der Waals surface area (Å²) in [5, 5.41) is 4.15. The lowest BCUT2D eigenvalue weighted by Gasteiger charge is -2.19. The van der Waals surface area contributed by atoms with Crippen molar-refractivity contribution in [1.82, 2.24) is 4.83 Å². The van der Waals surface area contributed by atoms with Gasteiger partial charge < -0.3 is 0 Å². The lowest BCUT2D eigenvalue weighted by Crippen LogP contribution is -2.23. The fourth-order valence-corrected chi connectivity index (χ4v) is 4.27. The maximum Gasteiger partial charge on any atom is 0.277 e. The molecule has 4 nitrogen and oxygen atoms in total. The van der Waals surface area contributed by atoms with Crippen LogP contribution in [0.2, 0.25) is 0 Å². The summed E-state index contributed by atoms with van der Waals surface area (Å²) in [6, 6.07) is 3.77. The van der Waals surface area contributed by atoms with Crippen molar-refractivity contribution >= 4 is 15.7 Å². The fourth-order valence-electron chi connectivity index (χ4n) is 2.97. The minimum Gasteiger partial charge on any atom is -0.200 e. The maximum atomic E-state index is 12.5. The van der Waals surface area contributed by atoms with Crippen LogP contribution in [0.4, 0.5) is 0 Å². The second-order valence-corrected chi connectivity index (χ2v) is 7.78. The molecule has 0 saturated heterocycles. The van der Waals surface area contributed by atoms with Crippen LogP contribution < -0.4 is 4.83 Å². The standard InChI is InChI=1S/C16H24N2O2S/c1-11-5-7-15(8-6-11)17-18-21(19,20)16-13(3)9-12(2)10-14(16)4/h9-11,18H,5-8H2,1-4H3. The van der Waals surface area contributed by atoms with Crippen LogP contribution in [0.5, 0.6) is 0 Å². The molecule has 2 rings (SSSR count). The van der Waals surface area contributed by atoms with Crippen LogP contribution in [-0.4, -0.2) is 14.1 Å². The highest BCUT2D eigenvalue weighted by Crippen LogP contribution is 2.23. The third-order valence-electron chi connectivity index (χ3n) is 4.05. The Bertz CT molecular complexity index is 630. The quantitative estimate of drug-likeness (QED) is 0.869. The van der Waals surface area contributed by atoms with E-state index < -0.39 is 10.0 Å². The third-order valence-corrected chi connectivity index (χ3v) is 5.56. The molecule has 0 bridgehead atoms. The van der Waals surface area contributed by atoms with Gasteiger partial charge >= 0.3 is 0 Å².